The number of nitrogens with zero attached hydrogens (tertiary/aromatic N) is 6. The van der Waals surface area contributed by atoms with Crippen LogP contribution in [0.15, 0.2) is 23.3 Å². The zero-order valence-electron chi connectivity index (χ0n) is 18.7. The minimum Gasteiger partial charge on any atom is -0.357 e. The maximum atomic E-state index is 13.0. The summed E-state index contributed by atoms with van der Waals surface area (Å²) in [6.07, 6.45) is -2.33. The lowest BCUT2D eigenvalue weighted by atomic mass is 10.2. The van der Waals surface area contributed by atoms with Crippen LogP contribution in [0.5, 0.6) is 0 Å². The quantitative estimate of drug-likeness (QED) is 0.556. The van der Waals surface area contributed by atoms with Crippen LogP contribution in [0.25, 0.3) is 0 Å². The molecule has 0 bridgehead atoms. The molecule has 0 spiro atoms. The van der Waals surface area contributed by atoms with Gasteiger partial charge in [0.15, 0.2) is 5.96 Å². The maximum Gasteiger partial charge on any atom is 0.403 e. The molecule has 1 aromatic rings. The van der Waals surface area contributed by atoms with E-state index in [1.54, 1.807) is 0 Å². The van der Waals surface area contributed by atoms with Crippen LogP contribution in [0.3, 0.4) is 0 Å². The van der Waals surface area contributed by atoms with Crippen molar-refractivity contribution < 1.29 is 13.2 Å². The molecule has 3 rings (SSSR count). The third-order valence-corrected chi connectivity index (χ3v) is 6.02. The van der Waals surface area contributed by atoms with Gasteiger partial charge in [-0.25, -0.2) is 9.98 Å². The average molecular weight is 442 g/mol. The molecule has 174 valence electrons. The molecule has 0 aliphatic carbocycles. The zero-order valence-corrected chi connectivity index (χ0v) is 18.7. The Hall–Kier alpha value is -2.07. The molecule has 0 aromatic carbocycles. The molecule has 2 saturated heterocycles. The maximum absolute atomic E-state index is 13.0. The smallest absolute Gasteiger partial charge is 0.357 e. The van der Waals surface area contributed by atoms with E-state index in [0.717, 1.165) is 43.5 Å². The van der Waals surface area contributed by atoms with Gasteiger partial charge < -0.3 is 20.0 Å². The highest BCUT2D eigenvalue weighted by atomic mass is 19.4. The topological polar surface area (TPSA) is 50.2 Å². The van der Waals surface area contributed by atoms with E-state index in [4.69, 9.17) is 4.99 Å². The number of anilines is 1. The molecular formula is C21H34F3N7. The van der Waals surface area contributed by atoms with E-state index in [-0.39, 0.29) is 0 Å². The van der Waals surface area contributed by atoms with Crippen molar-refractivity contribution in [3.63, 3.8) is 0 Å². The molecule has 0 amide bonds. The predicted octanol–water partition coefficient (Wildman–Crippen LogP) is 1.87. The fourth-order valence-electron chi connectivity index (χ4n) is 3.85. The van der Waals surface area contributed by atoms with E-state index < -0.39 is 12.2 Å². The van der Waals surface area contributed by atoms with Crippen LogP contribution in [0, 0.1) is 0 Å². The van der Waals surface area contributed by atoms with Gasteiger partial charge in [-0.05, 0) is 32.5 Å². The van der Waals surface area contributed by atoms with Crippen molar-refractivity contribution >= 4 is 11.8 Å². The van der Waals surface area contributed by atoms with Gasteiger partial charge in [-0.3, -0.25) is 4.90 Å². The van der Waals surface area contributed by atoms with E-state index in [9.17, 15) is 13.2 Å². The first-order valence-corrected chi connectivity index (χ1v) is 11.0. The number of hydrogen-bond donors (Lipinski definition) is 1. The third-order valence-electron chi connectivity index (χ3n) is 6.02. The van der Waals surface area contributed by atoms with Crippen LogP contribution >= 0.6 is 0 Å². The lowest BCUT2D eigenvalue weighted by molar-refractivity contribution is -0.181. The van der Waals surface area contributed by atoms with Gasteiger partial charge in [0.25, 0.3) is 0 Å². The van der Waals surface area contributed by atoms with Crippen molar-refractivity contribution in [2.75, 3.05) is 70.9 Å². The molecule has 7 nitrogen and oxygen atoms in total. The Morgan fingerprint density at radius 3 is 2.32 bits per heavy atom. The van der Waals surface area contributed by atoms with Crippen molar-refractivity contribution in [1.29, 1.82) is 0 Å². The minimum absolute atomic E-state index is 0.367. The Morgan fingerprint density at radius 2 is 1.77 bits per heavy atom. The molecule has 1 aromatic heterocycles. The average Bonchev–Trinajstić information content (AvgIpc) is 2.76. The summed E-state index contributed by atoms with van der Waals surface area (Å²) in [7, 11) is 2.13. The minimum atomic E-state index is -4.19. The summed E-state index contributed by atoms with van der Waals surface area (Å²) >= 11 is 0. The van der Waals surface area contributed by atoms with E-state index >= 15 is 0 Å². The number of guanidine groups is 1. The summed E-state index contributed by atoms with van der Waals surface area (Å²) in [4.78, 5) is 17.4. The number of pyridine rings is 1. The number of hydrogen-bond acceptors (Lipinski definition) is 5. The van der Waals surface area contributed by atoms with Gasteiger partial charge in [0.05, 0.1) is 6.54 Å². The molecule has 1 N–H and O–H groups in total. The highest BCUT2D eigenvalue weighted by molar-refractivity contribution is 5.80. The number of alkyl halides is 3. The second-order valence-corrected chi connectivity index (χ2v) is 8.23. The number of halogens is 3. The molecule has 2 aliphatic rings. The molecular weight excluding hydrogens is 407 g/mol. The molecule has 0 radical (unpaired) electrons. The van der Waals surface area contributed by atoms with E-state index in [1.807, 2.05) is 24.1 Å². The largest absolute Gasteiger partial charge is 0.403 e. The Labute approximate surface area is 182 Å². The first-order chi connectivity index (χ1) is 14.8. The molecule has 10 heteroatoms. The van der Waals surface area contributed by atoms with Gasteiger partial charge in [0, 0.05) is 65.1 Å². The van der Waals surface area contributed by atoms with E-state index in [2.05, 4.69) is 33.2 Å². The van der Waals surface area contributed by atoms with Gasteiger partial charge in [-0.1, -0.05) is 6.07 Å². The van der Waals surface area contributed by atoms with Crippen molar-refractivity contribution in [2.45, 2.75) is 32.6 Å². The molecule has 2 aliphatic heterocycles. The highest BCUT2D eigenvalue weighted by Gasteiger charge is 2.41. The summed E-state index contributed by atoms with van der Waals surface area (Å²) in [6.45, 7) is 10.2. The normalized spacial score (nSPS) is 20.8. The molecule has 0 saturated carbocycles. The van der Waals surface area contributed by atoms with Crippen LogP contribution in [-0.4, -0.2) is 104 Å². The summed E-state index contributed by atoms with van der Waals surface area (Å²) in [6, 6.07) is 2.68. The van der Waals surface area contributed by atoms with Gasteiger partial charge in [-0.15, -0.1) is 0 Å². The molecule has 3 heterocycles. The highest BCUT2D eigenvalue weighted by Crippen LogP contribution is 2.25. The number of aliphatic imine (C=N–C) groups is 1. The fraction of sp³-hybridized carbons (Fsp3) is 0.714. The van der Waals surface area contributed by atoms with Crippen molar-refractivity contribution in [1.82, 2.24) is 25.0 Å². The zero-order chi connectivity index (χ0) is 22.4. The Morgan fingerprint density at radius 1 is 1.10 bits per heavy atom. The first-order valence-electron chi connectivity index (χ1n) is 11.0. The second kappa shape index (κ2) is 10.5. The van der Waals surface area contributed by atoms with Crippen LogP contribution in [0.2, 0.25) is 0 Å². The lowest BCUT2D eigenvalue weighted by Crippen LogP contribution is -2.56. The number of nitrogens with one attached hydrogen (secondary N) is 1. The van der Waals surface area contributed by atoms with Gasteiger partial charge in [0.2, 0.25) is 0 Å². The summed E-state index contributed by atoms with van der Waals surface area (Å²) in [5, 5.41) is 3.27. The van der Waals surface area contributed by atoms with Gasteiger partial charge >= 0.3 is 6.18 Å². The Bertz CT molecular complexity index is 707. The van der Waals surface area contributed by atoms with Crippen LogP contribution in [-0.2, 0) is 6.54 Å². The van der Waals surface area contributed by atoms with Crippen LogP contribution in [0.1, 0.15) is 19.4 Å². The van der Waals surface area contributed by atoms with Gasteiger partial charge in [-0.2, -0.15) is 13.2 Å². The first kappa shape index (κ1) is 23.6. The lowest BCUT2D eigenvalue weighted by Gasteiger charge is -2.39. The molecule has 1 atom stereocenters. The molecule has 1 unspecified atom stereocenters. The van der Waals surface area contributed by atoms with E-state index in [1.165, 1.54) is 11.8 Å². The second-order valence-electron chi connectivity index (χ2n) is 8.23. The van der Waals surface area contributed by atoms with Crippen molar-refractivity contribution in [2.24, 2.45) is 4.99 Å². The number of rotatable bonds is 5. The number of likely N-dealkylation sites (N-methyl/N-ethyl adjacent to an activating group) is 1. The number of aromatic nitrogens is 1. The summed E-state index contributed by atoms with van der Waals surface area (Å²) in [5.74, 6) is 1.73. The van der Waals surface area contributed by atoms with Crippen molar-refractivity contribution in [3.8, 4) is 0 Å². The molecule has 2 fully saturated rings. The van der Waals surface area contributed by atoms with Crippen molar-refractivity contribution in [3.05, 3.63) is 23.9 Å². The predicted molar refractivity (Wildman–Crippen MR) is 117 cm³/mol. The van der Waals surface area contributed by atoms with Crippen LogP contribution < -0.4 is 10.2 Å². The molecule has 31 heavy (non-hydrogen) atoms. The monoisotopic (exact) mass is 441 g/mol. The fourth-order valence-corrected chi connectivity index (χ4v) is 3.85. The standard InChI is InChI=1S/C21H34F3N7/c1-4-25-20(31-13-11-29(12-14-31)17(2)21(22,23)24)27-16-18-5-6-19(26-15-18)30-9-7-28(3)8-10-30/h5-6,15,17H,4,7-14,16H2,1-3H3,(H,25,27). The summed E-state index contributed by atoms with van der Waals surface area (Å²) < 4.78 is 38.9. The Kier molecular flexibility index (Phi) is 7.99. The summed E-state index contributed by atoms with van der Waals surface area (Å²) in [5.41, 5.74) is 1.01. The Balaban J connectivity index is 1.56. The van der Waals surface area contributed by atoms with E-state index in [0.29, 0.717) is 39.3 Å². The van der Waals surface area contributed by atoms with Crippen LogP contribution in [0.4, 0.5) is 19.0 Å². The third kappa shape index (κ3) is 6.46. The SMILES string of the molecule is CCNC(=NCc1ccc(N2CCN(C)CC2)nc1)N1CCN(C(C)C(F)(F)F)CC1. The number of piperazine rings is 2. The van der Waals surface area contributed by atoms with Gasteiger partial charge in [0.1, 0.15) is 11.9 Å².